The number of fused-ring (bicyclic) bond motifs is 1. The van der Waals surface area contributed by atoms with E-state index in [4.69, 9.17) is 0 Å². The first-order chi connectivity index (χ1) is 13.0. The van der Waals surface area contributed by atoms with Gasteiger partial charge in [-0.15, -0.1) is 0 Å². The van der Waals surface area contributed by atoms with Gasteiger partial charge in [0.2, 0.25) is 5.91 Å². The minimum atomic E-state index is -0.569. The van der Waals surface area contributed by atoms with Gasteiger partial charge in [-0.05, 0) is 43.5 Å². The predicted molar refractivity (Wildman–Crippen MR) is 107 cm³/mol. The van der Waals surface area contributed by atoms with E-state index < -0.39 is 6.04 Å². The molecule has 0 aliphatic carbocycles. The van der Waals surface area contributed by atoms with E-state index in [1.54, 1.807) is 13.0 Å². The number of nitrogens with one attached hydrogen (secondary N) is 2. The molecule has 5 nitrogen and oxygen atoms in total. The Morgan fingerprint density at radius 3 is 2.67 bits per heavy atom. The second-order valence-electron chi connectivity index (χ2n) is 7.15. The third kappa shape index (κ3) is 5.17. The molecule has 0 aromatic heterocycles. The van der Waals surface area contributed by atoms with Crippen molar-refractivity contribution in [2.75, 3.05) is 19.6 Å². The molecule has 5 heteroatoms. The van der Waals surface area contributed by atoms with Crippen LogP contribution >= 0.6 is 0 Å². The fraction of sp³-hybridized carbons (Fsp3) is 0.364. The number of carbonyl (C=O) groups is 2. The zero-order valence-corrected chi connectivity index (χ0v) is 16.0. The highest BCUT2D eigenvalue weighted by Gasteiger charge is 2.18. The Morgan fingerprint density at radius 1 is 1.11 bits per heavy atom. The van der Waals surface area contributed by atoms with Crippen molar-refractivity contribution < 1.29 is 9.59 Å². The number of hydrogen-bond donors (Lipinski definition) is 2. The number of hydrogen-bond acceptors (Lipinski definition) is 3. The van der Waals surface area contributed by atoms with E-state index in [1.165, 1.54) is 11.1 Å². The van der Waals surface area contributed by atoms with Crippen molar-refractivity contribution in [1.29, 1.82) is 0 Å². The summed E-state index contributed by atoms with van der Waals surface area (Å²) >= 11 is 0. The van der Waals surface area contributed by atoms with Crippen LogP contribution in [0.2, 0.25) is 0 Å². The normalized spacial score (nSPS) is 14.9. The van der Waals surface area contributed by atoms with Crippen molar-refractivity contribution in [3.63, 3.8) is 0 Å². The minimum absolute atomic E-state index is 0.159. The summed E-state index contributed by atoms with van der Waals surface area (Å²) in [7, 11) is 0. The highest BCUT2D eigenvalue weighted by molar-refractivity contribution is 5.97. The van der Waals surface area contributed by atoms with Crippen LogP contribution in [0.5, 0.6) is 0 Å². The zero-order valence-electron chi connectivity index (χ0n) is 16.0. The molecule has 3 rings (SSSR count). The topological polar surface area (TPSA) is 61.4 Å². The van der Waals surface area contributed by atoms with Gasteiger partial charge in [0.05, 0.1) is 0 Å². The maximum Gasteiger partial charge on any atom is 0.251 e. The molecule has 27 heavy (non-hydrogen) atoms. The highest BCUT2D eigenvalue weighted by atomic mass is 16.2. The summed E-state index contributed by atoms with van der Waals surface area (Å²) in [5, 5.41) is 5.69. The summed E-state index contributed by atoms with van der Waals surface area (Å²) in [6.45, 7) is 6.95. The summed E-state index contributed by atoms with van der Waals surface area (Å²) < 4.78 is 0. The van der Waals surface area contributed by atoms with Crippen LogP contribution in [0.1, 0.15) is 34.0 Å². The fourth-order valence-corrected chi connectivity index (χ4v) is 3.37. The first-order valence-electron chi connectivity index (χ1n) is 9.47. The average molecular weight is 365 g/mol. The molecule has 2 N–H and O–H groups in total. The fourth-order valence-electron chi connectivity index (χ4n) is 3.37. The van der Waals surface area contributed by atoms with Crippen molar-refractivity contribution in [1.82, 2.24) is 15.5 Å². The molecule has 2 aromatic rings. The Balaban J connectivity index is 1.42. The van der Waals surface area contributed by atoms with Crippen molar-refractivity contribution in [3.05, 3.63) is 70.8 Å². The average Bonchev–Trinajstić information content (AvgIpc) is 2.67. The van der Waals surface area contributed by atoms with Crippen molar-refractivity contribution in [3.8, 4) is 0 Å². The SMILES string of the molecule is Cc1cccc(C(=O)NC(C)C(=O)NCCN2CCc3ccccc3C2)c1. The first kappa shape index (κ1) is 19.1. The standard InChI is InChI=1S/C22H27N3O2/c1-16-6-5-9-19(14-16)22(27)24-17(2)21(26)23-11-13-25-12-10-18-7-3-4-8-20(18)15-25/h3-9,14,17H,10-13,15H2,1-2H3,(H,23,26)(H,24,27). The van der Waals surface area contributed by atoms with E-state index >= 15 is 0 Å². The predicted octanol–water partition coefficient (Wildman–Crippen LogP) is 2.29. The second-order valence-corrected chi connectivity index (χ2v) is 7.15. The summed E-state index contributed by atoms with van der Waals surface area (Å²) in [4.78, 5) is 26.9. The van der Waals surface area contributed by atoms with Crippen LogP contribution in [0.15, 0.2) is 48.5 Å². The molecule has 0 fully saturated rings. The summed E-state index contributed by atoms with van der Waals surface area (Å²) in [6, 6.07) is 15.3. The molecule has 142 valence electrons. The third-order valence-electron chi connectivity index (χ3n) is 4.96. The van der Waals surface area contributed by atoms with Gasteiger partial charge in [0, 0.05) is 31.7 Å². The van der Waals surface area contributed by atoms with E-state index in [9.17, 15) is 9.59 Å². The van der Waals surface area contributed by atoms with Gasteiger partial charge in [-0.1, -0.05) is 42.0 Å². The molecule has 0 radical (unpaired) electrons. The third-order valence-corrected chi connectivity index (χ3v) is 4.96. The molecule has 1 atom stereocenters. The quantitative estimate of drug-likeness (QED) is 0.826. The van der Waals surface area contributed by atoms with Crippen LogP contribution in [0.25, 0.3) is 0 Å². The zero-order chi connectivity index (χ0) is 19.2. The lowest BCUT2D eigenvalue weighted by Gasteiger charge is -2.28. The smallest absolute Gasteiger partial charge is 0.251 e. The van der Waals surface area contributed by atoms with Crippen molar-refractivity contribution in [2.45, 2.75) is 32.9 Å². The van der Waals surface area contributed by atoms with E-state index in [1.807, 2.05) is 25.1 Å². The number of carbonyl (C=O) groups excluding carboxylic acids is 2. The summed E-state index contributed by atoms with van der Waals surface area (Å²) in [5.41, 5.74) is 4.38. The van der Waals surface area contributed by atoms with Gasteiger partial charge in [0.1, 0.15) is 6.04 Å². The van der Waals surface area contributed by atoms with Crippen molar-refractivity contribution in [2.24, 2.45) is 0 Å². The summed E-state index contributed by atoms with van der Waals surface area (Å²) in [6.07, 6.45) is 1.05. The lowest BCUT2D eigenvalue weighted by Crippen LogP contribution is -2.47. The molecule has 2 amide bonds. The Labute approximate surface area is 160 Å². The molecular formula is C22H27N3O2. The van der Waals surface area contributed by atoms with Crippen LogP contribution in [0.3, 0.4) is 0 Å². The van der Waals surface area contributed by atoms with Gasteiger partial charge in [-0.2, -0.15) is 0 Å². The monoisotopic (exact) mass is 365 g/mol. The van der Waals surface area contributed by atoms with Crippen molar-refractivity contribution >= 4 is 11.8 Å². The molecule has 1 heterocycles. The van der Waals surface area contributed by atoms with Gasteiger partial charge in [-0.3, -0.25) is 14.5 Å². The van der Waals surface area contributed by atoms with Gasteiger partial charge in [0.25, 0.3) is 5.91 Å². The van der Waals surface area contributed by atoms with Gasteiger partial charge in [0.15, 0.2) is 0 Å². The number of nitrogens with zero attached hydrogens (tertiary/aromatic N) is 1. The van der Waals surface area contributed by atoms with E-state index in [2.05, 4.69) is 39.8 Å². The molecular weight excluding hydrogens is 338 g/mol. The van der Waals surface area contributed by atoms with E-state index in [0.29, 0.717) is 12.1 Å². The molecule has 0 spiro atoms. The second kappa shape index (κ2) is 8.82. The summed E-state index contributed by atoms with van der Waals surface area (Å²) in [5.74, 6) is -0.387. The molecule has 0 bridgehead atoms. The van der Waals surface area contributed by atoms with Gasteiger partial charge >= 0.3 is 0 Å². The van der Waals surface area contributed by atoms with Crippen LogP contribution < -0.4 is 10.6 Å². The molecule has 1 aliphatic heterocycles. The number of benzene rings is 2. The maximum atomic E-state index is 12.3. The van der Waals surface area contributed by atoms with Crippen LogP contribution in [0.4, 0.5) is 0 Å². The van der Waals surface area contributed by atoms with Crippen LogP contribution in [0, 0.1) is 6.92 Å². The molecule has 2 aromatic carbocycles. The molecule has 1 unspecified atom stereocenters. The van der Waals surface area contributed by atoms with Crippen LogP contribution in [-0.2, 0) is 17.8 Å². The lowest BCUT2D eigenvalue weighted by atomic mass is 10.00. The van der Waals surface area contributed by atoms with Crippen LogP contribution in [-0.4, -0.2) is 42.4 Å². The number of rotatable bonds is 6. The Morgan fingerprint density at radius 2 is 1.89 bits per heavy atom. The Kier molecular flexibility index (Phi) is 6.24. The molecule has 1 aliphatic rings. The number of aryl methyl sites for hydroxylation is 1. The Bertz CT molecular complexity index is 819. The largest absolute Gasteiger partial charge is 0.353 e. The molecule has 0 saturated carbocycles. The first-order valence-corrected chi connectivity index (χ1v) is 9.47. The maximum absolute atomic E-state index is 12.3. The van der Waals surface area contributed by atoms with Gasteiger partial charge in [-0.25, -0.2) is 0 Å². The minimum Gasteiger partial charge on any atom is -0.353 e. The lowest BCUT2D eigenvalue weighted by molar-refractivity contribution is -0.122. The molecule has 0 saturated heterocycles. The van der Waals surface area contributed by atoms with E-state index in [-0.39, 0.29) is 11.8 Å². The highest BCUT2D eigenvalue weighted by Crippen LogP contribution is 2.17. The Hall–Kier alpha value is -2.66. The van der Waals surface area contributed by atoms with Gasteiger partial charge < -0.3 is 10.6 Å². The van der Waals surface area contributed by atoms with E-state index in [0.717, 1.165) is 31.6 Å². The number of amides is 2.